The van der Waals surface area contributed by atoms with Gasteiger partial charge in [0.25, 0.3) is 0 Å². The minimum atomic E-state index is -2.86. The maximum atomic E-state index is 10.7. The van der Waals surface area contributed by atoms with E-state index in [2.05, 4.69) is 31.2 Å². The Labute approximate surface area is 140 Å². The van der Waals surface area contributed by atoms with Gasteiger partial charge in [-0.15, -0.1) is 0 Å². The van der Waals surface area contributed by atoms with Crippen molar-refractivity contribution in [3.05, 3.63) is 24.3 Å². The monoisotopic (exact) mass is 342 g/mol. The van der Waals surface area contributed by atoms with Gasteiger partial charge in [-0.25, -0.2) is 9.13 Å². The van der Waals surface area contributed by atoms with Crippen molar-refractivity contribution in [3.63, 3.8) is 0 Å². The highest BCUT2D eigenvalue weighted by Gasteiger charge is 2.22. The van der Waals surface area contributed by atoms with Crippen LogP contribution in [0.25, 0.3) is 0 Å². The lowest BCUT2D eigenvalue weighted by Gasteiger charge is -2.03. The maximum Gasteiger partial charge on any atom is 0.330 e. The van der Waals surface area contributed by atoms with Crippen molar-refractivity contribution in [2.24, 2.45) is 0 Å². The Morgan fingerprint density at radius 3 is 2.00 bits per heavy atom. The molecule has 0 amide bonds. The van der Waals surface area contributed by atoms with Gasteiger partial charge in [-0.3, -0.25) is 4.79 Å². The predicted molar refractivity (Wildman–Crippen MR) is 94.5 cm³/mol. The van der Waals surface area contributed by atoms with Crippen molar-refractivity contribution in [1.82, 2.24) is 0 Å². The van der Waals surface area contributed by atoms with E-state index >= 15 is 0 Å². The van der Waals surface area contributed by atoms with Crippen LogP contribution in [0.4, 0.5) is 0 Å². The van der Waals surface area contributed by atoms with Gasteiger partial charge < -0.3 is 5.11 Å². The number of carboxylic acids is 1. The van der Waals surface area contributed by atoms with Crippen molar-refractivity contribution < 1.29 is 19.0 Å². The first-order valence-electron chi connectivity index (χ1n) is 8.75. The molecule has 0 spiro atoms. The van der Waals surface area contributed by atoms with E-state index in [1.807, 2.05) is 0 Å². The van der Waals surface area contributed by atoms with Crippen LogP contribution >= 0.6 is 7.68 Å². The number of hydrogen-bond acceptors (Lipinski definition) is 3. The molecule has 0 fully saturated rings. The highest BCUT2D eigenvalue weighted by Crippen LogP contribution is 2.21. The molecular formula is C18H31O4P. The van der Waals surface area contributed by atoms with Gasteiger partial charge in [-0.1, -0.05) is 63.3 Å². The van der Waals surface area contributed by atoms with Gasteiger partial charge in [-0.05, 0) is 38.5 Å². The number of aliphatic carboxylic acids is 1. The highest BCUT2D eigenvalue weighted by atomic mass is 31.1. The van der Waals surface area contributed by atoms with Crippen LogP contribution in [0.3, 0.4) is 0 Å². The standard InChI is InChI=1S/C18H31O4P/c1-2-3-4-5-6-7-8-9-10-11-12-13-14-15-16-17(18(19)20)23(21)22/h6-7,9-10,17H,2-5,8,11-16H2,1H3,(H,19,20)/b7-6-,10-9-. The number of rotatable bonds is 15. The largest absolute Gasteiger partial charge is 0.480 e. The highest BCUT2D eigenvalue weighted by molar-refractivity contribution is 7.33. The lowest BCUT2D eigenvalue weighted by molar-refractivity contribution is -0.136. The van der Waals surface area contributed by atoms with E-state index in [1.165, 1.54) is 25.7 Å². The van der Waals surface area contributed by atoms with Crippen LogP contribution in [0.2, 0.25) is 0 Å². The first-order valence-corrected chi connectivity index (χ1v) is 10.0. The van der Waals surface area contributed by atoms with E-state index in [4.69, 9.17) is 5.11 Å². The van der Waals surface area contributed by atoms with Crippen molar-refractivity contribution in [1.29, 1.82) is 0 Å². The number of unbranched alkanes of at least 4 members (excludes halogenated alkanes) is 7. The molecule has 0 bridgehead atoms. The van der Waals surface area contributed by atoms with E-state index in [0.29, 0.717) is 6.42 Å². The zero-order valence-corrected chi connectivity index (χ0v) is 15.2. The van der Waals surface area contributed by atoms with Crippen molar-refractivity contribution in [3.8, 4) is 0 Å². The molecule has 0 aliphatic carbocycles. The Balaban J connectivity index is 3.48. The summed E-state index contributed by atoms with van der Waals surface area (Å²) in [5.41, 5.74) is -1.21. The van der Waals surface area contributed by atoms with Crippen LogP contribution < -0.4 is 0 Å². The molecule has 0 aliphatic heterocycles. The Kier molecular flexibility index (Phi) is 14.9. The van der Waals surface area contributed by atoms with Crippen molar-refractivity contribution >= 4 is 13.6 Å². The SMILES string of the molecule is CCCCC/C=C\C/C=C\CCCCCCC(C(=O)O)P(=O)=O. The maximum absolute atomic E-state index is 10.7. The summed E-state index contributed by atoms with van der Waals surface area (Å²) in [6.07, 6.45) is 19.7. The number of hydrogen-bond donors (Lipinski definition) is 1. The fourth-order valence-corrected chi connectivity index (χ4v) is 2.87. The average molecular weight is 342 g/mol. The second-order valence-electron chi connectivity index (χ2n) is 5.81. The Morgan fingerprint density at radius 1 is 0.913 bits per heavy atom. The summed E-state index contributed by atoms with van der Waals surface area (Å²) in [5.74, 6) is -1.23. The van der Waals surface area contributed by atoms with Gasteiger partial charge in [0, 0.05) is 0 Å². The molecule has 132 valence electrons. The van der Waals surface area contributed by atoms with Crippen LogP contribution in [-0.4, -0.2) is 16.7 Å². The lowest BCUT2D eigenvalue weighted by atomic mass is 10.1. The van der Waals surface area contributed by atoms with Crippen molar-refractivity contribution in [2.45, 2.75) is 83.2 Å². The van der Waals surface area contributed by atoms with Crippen LogP contribution in [0.5, 0.6) is 0 Å². The van der Waals surface area contributed by atoms with Gasteiger partial charge in [0.05, 0.1) is 0 Å². The molecule has 1 N–H and O–H groups in total. The third kappa shape index (κ3) is 14.2. The summed E-state index contributed by atoms with van der Waals surface area (Å²) in [6.45, 7) is 2.21. The number of carboxylic acid groups (broad SMARTS) is 1. The van der Waals surface area contributed by atoms with Gasteiger partial charge in [0.1, 0.15) is 0 Å². The van der Waals surface area contributed by atoms with Crippen LogP contribution in [-0.2, 0) is 13.9 Å². The average Bonchev–Trinajstić information content (AvgIpc) is 2.50. The zero-order valence-electron chi connectivity index (χ0n) is 14.3. The molecule has 0 saturated heterocycles. The molecule has 1 atom stereocenters. The second kappa shape index (κ2) is 15.7. The Bertz CT molecular complexity index is 417. The van der Waals surface area contributed by atoms with Crippen LogP contribution in [0, 0.1) is 0 Å². The summed E-state index contributed by atoms with van der Waals surface area (Å²) in [7, 11) is -2.86. The first kappa shape index (κ1) is 21.9. The van der Waals surface area contributed by atoms with Crippen molar-refractivity contribution in [2.75, 3.05) is 0 Å². The van der Waals surface area contributed by atoms with E-state index < -0.39 is 19.3 Å². The minimum absolute atomic E-state index is 0.229. The van der Waals surface area contributed by atoms with Gasteiger partial charge in [-0.2, -0.15) is 0 Å². The molecule has 0 heterocycles. The topological polar surface area (TPSA) is 71.4 Å². The lowest BCUT2D eigenvalue weighted by Crippen LogP contribution is -2.14. The first-order chi connectivity index (χ1) is 11.1. The van der Waals surface area contributed by atoms with Crippen LogP contribution in [0.15, 0.2) is 24.3 Å². The molecular weight excluding hydrogens is 311 g/mol. The number of allylic oxidation sites excluding steroid dienone is 4. The van der Waals surface area contributed by atoms with E-state index in [1.54, 1.807) is 0 Å². The molecule has 0 aliphatic rings. The fourth-order valence-electron chi connectivity index (χ4n) is 2.29. The molecule has 23 heavy (non-hydrogen) atoms. The fraction of sp³-hybridized carbons (Fsp3) is 0.722. The molecule has 0 radical (unpaired) electrons. The summed E-state index contributed by atoms with van der Waals surface area (Å²) < 4.78 is 21.5. The van der Waals surface area contributed by atoms with Gasteiger partial charge in [0.15, 0.2) is 5.66 Å². The minimum Gasteiger partial charge on any atom is -0.480 e. The summed E-state index contributed by atoms with van der Waals surface area (Å²) in [6, 6.07) is 0. The van der Waals surface area contributed by atoms with E-state index in [9.17, 15) is 13.9 Å². The predicted octanol–water partition coefficient (Wildman–Crippen LogP) is 6.04. The second-order valence-corrected chi connectivity index (χ2v) is 7.00. The normalized spacial score (nSPS) is 12.9. The summed E-state index contributed by atoms with van der Waals surface area (Å²) in [4.78, 5) is 10.7. The van der Waals surface area contributed by atoms with E-state index in [-0.39, 0.29) is 6.42 Å². The molecule has 0 aromatic rings. The molecule has 0 rings (SSSR count). The van der Waals surface area contributed by atoms with Gasteiger partial charge in [0.2, 0.25) is 0 Å². The zero-order chi connectivity index (χ0) is 17.3. The van der Waals surface area contributed by atoms with Gasteiger partial charge >= 0.3 is 13.6 Å². The third-order valence-electron chi connectivity index (χ3n) is 3.72. The number of carbonyl (C=O) groups is 1. The Hall–Kier alpha value is -1.15. The van der Waals surface area contributed by atoms with E-state index in [0.717, 1.165) is 32.1 Å². The van der Waals surface area contributed by atoms with Crippen LogP contribution in [0.1, 0.15) is 77.6 Å². The molecule has 1 unspecified atom stereocenters. The molecule has 0 aromatic carbocycles. The third-order valence-corrected chi connectivity index (χ3v) is 4.71. The summed E-state index contributed by atoms with van der Waals surface area (Å²) >= 11 is 0. The Morgan fingerprint density at radius 2 is 1.48 bits per heavy atom. The molecule has 4 nitrogen and oxygen atoms in total. The quantitative estimate of drug-likeness (QED) is 0.224. The molecule has 5 heteroatoms. The molecule has 0 aromatic heterocycles. The summed E-state index contributed by atoms with van der Waals surface area (Å²) in [5, 5.41) is 8.75. The smallest absolute Gasteiger partial charge is 0.330 e. The molecule has 0 saturated carbocycles.